The summed E-state index contributed by atoms with van der Waals surface area (Å²) in [5.74, 6) is -0.988. The first-order chi connectivity index (χ1) is 13.6. The molecule has 0 amide bonds. The third-order valence-electron chi connectivity index (χ3n) is 5.09. The summed E-state index contributed by atoms with van der Waals surface area (Å²) in [5, 5.41) is 4.42. The van der Waals surface area contributed by atoms with Crippen LogP contribution in [0.5, 0.6) is 0 Å². The van der Waals surface area contributed by atoms with Gasteiger partial charge in [-0.25, -0.2) is 4.39 Å². The zero-order valence-corrected chi connectivity index (χ0v) is 16.5. The Kier molecular flexibility index (Phi) is 4.74. The van der Waals surface area contributed by atoms with Crippen LogP contribution in [0, 0.1) is 12.7 Å². The van der Waals surface area contributed by atoms with Gasteiger partial charge in [-0.2, -0.15) is 13.2 Å². The molecule has 0 saturated carbocycles. The second-order valence-corrected chi connectivity index (χ2v) is 7.67. The third-order valence-corrected chi connectivity index (χ3v) is 5.64. The Hall–Kier alpha value is -2.31. The fourth-order valence-electron chi connectivity index (χ4n) is 3.54. The predicted molar refractivity (Wildman–Crippen MR) is 105 cm³/mol. The maximum atomic E-state index is 14.2. The third kappa shape index (κ3) is 3.15. The largest absolute Gasteiger partial charge is 0.435 e. The lowest BCUT2D eigenvalue weighted by molar-refractivity contribution is -0.275. The Morgan fingerprint density at radius 1 is 1.00 bits per heavy atom. The molecular formula is C21H13Cl2F4NO. The van der Waals surface area contributed by atoms with Gasteiger partial charge in [-0.15, -0.1) is 0 Å². The topological polar surface area (TPSA) is 21.6 Å². The van der Waals surface area contributed by atoms with E-state index in [0.717, 1.165) is 28.5 Å². The lowest BCUT2D eigenvalue weighted by Gasteiger charge is -2.29. The van der Waals surface area contributed by atoms with E-state index in [0.29, 0.717) is 5.56 Å². The van der Waals surface area contributed by atoms with Crippen molar-refractivity contribution < 1.29 is 22.4 Å². The first-order valence-corrected chi connectivity index (χ1v) is 9.35. The zero-order valence-electron chi connectivity index (χ0n) is 14.9. The van der Waals surface area contributed by atoms with Crippen molar-refractivity contribution in [3.63, 3.8) is 0 Å². The van der Waals surface area contributed by atoms with Crippen LogP contribution in [-0.2, 0) is 10.4 Å². The van der Waals surface area contributed by atoms with Crippen molar-refractivity contribution in [2.24, 2.45) is 5.16 Å². The minimum Gasteiger partial charge on any atom is -0.374 e. The summed E-state index contributed by atoms with van der Waals surface area (Å²) in [6.45, 7) is 1.92. The number of nitrogens with zero attached hydrogens (tertiary/aromatic N) is 1. The summed E-state index contributed by atoms with van der Waals surface area (Å²) >= 11 is 11.5. The molecule has 0 aromatic heterocycles. The summed E-state index contributed by atoms with van der Waals surface area (Å²) in [5.41, 5.74) is -1.55. The molecule has 0 bridgehead atoms. The van der Waals surface area contributed by atoms with Crippen LogP contribution < -0.4 is 0 Å². The van der Waals surface area contributed by atoms with E-state index in [-0.39, 0.29) is 5.71 Å². The lowest BCUT2D eigenvalue weighted by Crippen LogP contribution is -2.42. The van der Waals surface area contributed by atoms with Gasteiger partial charge in [0, 0.05) is 17.5 Å². The molecule has 1 unspecified atom stereocenters. The van der Waals surface area contributed by atoms with E-state index in [1.807, 2.05) is 31.2 Å². The monoisotopic (exact) mass is 441 g/mol. The first-order valence-electron chi connectivity index (χ1n) is 8.59. The van der Waals surface area contributed by atoms with Crippen molar-refractivity contribution in [1.82, 2.24) is 0 Å². The van der Waals surface area contributed by atoms with Gasteiger partial charge in [-0.1, -0.05) is 64.8 Å². The zero-order chi connectivity index (χ0) is 21.0. The molecule has 2 nitrogen and oxygen atoms in total. The minimum atomic E-state index is -4.84. The van der Waals surface area contributed by atoms with Crippen molar-refractivity contribution in [2.75, 3.05) is 0 Å². The van der Waals surface area contributed by atoms with Crippen LogP contribution in [0.4, 0.5) is 17.6 Å². The molecule has 8 heteroatoms. The van der Waals surface area contributed by atoms with Gasteiger partial charge in [0.25, 0.3) is 5.60 Å². The number of oxime groups is 1. The molecule has 0 aliphatic carbocycles. The second kappa shape index (κ2) is 6.89. The van der Waals surface area contributed by atoms with Crippen LogP contribution in [-0.4, -0.2) is 11.9 Å². The molecule has 0 radical (unpaired) electrons. The highest BCUT2D eigenvalue weighted by molar-refractivity contribution is 6.35. The van der Waals surface area contributed by atoms with E-state index in [2.05, 4.69) is 5.16 Å². The van der Waals surface area contributed by atoms with E-state index in [4.69, 9.17) is 28.0 Å². The minimum absolute atomic E-state index is 0.134. The standard InChI is InChI=1S/C21H13Cl2F4NO/c1-11-6-7-15(14-5-3-2-4-13(11)14)18-10-20(29-28-18,21(25,26)27)12-8-16(22)19(24)17(23)9-12/h2-9H,10H2,1H3. The van der Waals surface area contributed by atoms with Crippen LogP contribution in [0.15, 0.2) is 53.7 Å². The Balaban J connectivity index is 1.84. The number of halogens is 6. The van der Waals surface area contributed by atoms with Crippen molar-refractivity contribution in [3.05, 3.63) is 81.1 Å². The first kappa shape index (κ1) is 20.0. The highest BCUT2D eigenvalue weighted by Gasteiger charge is 2.62. The molecule has 1 aliphatic rings. The van der Waals surface area contributed by atoms with Crippen LogP contribution >= 0.6 is 23.2 Å². The Morgan fingerprint density at radius 3 is 2.24 bits per heavy atom. The quantitative estimate of drug-likeness (QED) is 0.305. The highest BCUT2D eigenvalue weighted by atomic mass is 35.5. The molecule has 0 N–H and O–H groups in total. The molecule has 150 valence electrons. The van der Waals surface area contributed by atoms with Gasteiger partial charge < -0.3 is 4.84 Å². The van der Waals surface area contributed by atoms with E-state index < -0.39 is 39.6 Å². The second-order valence-electron chi connectivity index (χ2n) is 6.86. The molecule has 4 rings (SSSR count). The summed E-state index contributed by atoms with van der Waals surface area (Å²) in [4.78, 5) is 5.01. The molecule has 3 aromatic rings. The molecule has 1 aliphatic heterocycles. The van der Waals surface area contributed by atoms with Crippen molar-refractivity contribution >= 4 is 39.7 Å². The molecule has 29 heavy (non-hydrogen) atoms. The van der Waals surface area contributed by atoms with Gasteiger partial charge in [0.1, 0.15) is 0 Å². The van der Waals surface area contributed by atoms with Gasteiger partial charge in [0.2, 0.25) is 0 Å². The molecule has 1 heterocycles. The van der Waals surface area contributed by atoms with Crippen LogP contribution in [0.2, 0.25) is 10.0 Å². The number of fused-ring (bicyclic) bond motifs is 1. The fraction of sp³-hybridized carbons (Fsp3) is 0.190. The lowest BCUT2D eigenvalue weighted by atomic mass is 9.85. The van der Waals surface area contributed by atoms with E-state index in [1.165, 1.54) is 0 Å². The Morgan fingerprint density at radius 2 is 1.62 bits per heavy atom. The predicted octanol–water partition coefficient (Wildman–Crippen LogP) is 7.18. The molecule has 0 fully saturated rings. The number of aryl methyl sites for hydroxylation is 1. The fourth-order valence-corrected chi connectivity index (χ4v) is 4.03. The summed E-state index contributed by atoms with van der Waals surface area (Å²) in [7, 11) is 0. The van der Waals surface area contributed by atoms with Gasteiger partial charge in [-0.3, -0.25) is 0 Å². The van der Waals surface area contributed by atoms with E-state index in [1.54, 1.807) is 12.1 Å². The molecule has 0 saturated heterocycles. The van der Waals surface area contributed by atoms with Crippen LogP contribution in [0.1, 0.15) is 23.1 Å². The molecule has 0 spiro atoms. The normalized spacial score (nSPS) is 19.3. The number of hydrogen-bond donors (Lipinski definition) is 0. The number of hydrogen-bond acceptors (Lipinski definition) is 2. The van der Waals surface area contributed by atoms with Gasteiger partial charge in [-0.05, 0) is 35.4 Å². The molecule has 3 aromatic carbocycles. The summed E-state index contributed by atoms with van der Waals surface area (Å²) < 4.78 is 56.2. The summed E-state index contributed by atoms with van der Waals surface area (Å²) in [6, 6.07) is 12.7. The van der Waals surface area contributed by atoms with E-state index in [9.17, 15) is 17.6 Å². The van der Waals surface area contributed by atoms with Crippen LogP contribution in [0.25, 0.3) is 10.8 Å². The van der Waals surface area contributed by atoms with Crippen molar-refractivity contribution in [1.29, 1.82) is 0 Å². The van der Waals surface area contributed by atoms with Crippen molar-refractivity contribution in [3.8, 4) is 0 Å². The SMILES string of the molecule is Cc1ccc(C2=NOC(c3cc(Cl)c(F)c(Cl)c3)(C(F)(F)F)C2)c2ccccc12. The number of benzene rings is 3. The average Bonchev–Trinajstić information content (AvgIpc) is 3.13. The number of alkyl halides is 3. The Bertz CT molecular complexity index is 1140. The summed E-state index contributed by atoms with van der Waals surface area (Å²) in [6.07, 6.45) is -5.44. The molecular weight excluding hydrogens is 429 g/mol. The van der Waals surface area contributed by atoms with E-state index >= 15 is 0 Å². The van der Waals surface area contributed by atoms with Gasteiger partial charge >= 0.3 is 6.18 Å². The molecule has 1 atom stereocenters. The maximum Gasteiger partial charge on any atom is 0.435 e. The average molecular weight is 442 g/mol. The smallest absolute Gasteiger partial charge is 0.374 e. The number of rotatable bonds is 2. The van der Waals surface area contributed by atoms with Crippen molar-refractivity contribution in [2.45, 2.75) is 25.1 Å². The van der Waals surface area contributed by atoms with Crippen LogP contribution in [0.3, 0.4) is 0 Å². The Labute approximate surface area is 173 Å². The van der Waals surface area contributed by atoms with Gasteiger partial charge in [0.15, 0.2) is 5.82 Å². The maximum absolute atomic E-state index is 14.2. The van der Waals surface area contributed by atoms with Gasteiger partial charge in [0.05, 0.1) is 15.8 Å². The highest BCUT2D eigenvalue weighted by Crippen LogP contribution is 2.50.